The molecule has 0 fully saturated rings. The fraction of sp³-hybridized carbons (Fsp3) is 0.308. The van der Waals surface area contributed by atoms with Gasteiger partial charge in [-0.05, 0) is 68.3 Å². The van der Waals surface area contributed by atoms with Crippen LogP contribution in [0.15, 0.2) is 65.3 Å². The number of hydrogen-bond acceptors (Lipinski definition) is 4. The highest BCUT2D eigenvalue weighted by Gasteiger charge is 2.23. The summed E-state index contributed by atoms with van der Waals surface area (Å²) in [6.07, 6.45) is 2.31. The van der Waals surface area contributed by atoms with Gasteiger partial charge in [-0.25, -0.2) is 0 Å². The molecule has 0 unspecified atom stereocenters. The van der Waals surface area contributed by atoms with Crippen molar-refractivity contribution in [2.75, 3.05) is 24.3 Å². The van der Waals surface area contributed by atoms with Gasteiger partial charge in [-0.15, -0.1) is 0 Å². The van der Waals surface area contributed by atoms with Crippen molar-refractivity contribution in [3.05, 3.63) is 83.3 Å². The van der Waals surface area contributed by atoms with Gasteiger partial charge in [0.05, 0.1) is 6.26 Å². The van der Waals surface area contributed by atoms with Gasteiger partial charge in [0.25, 0.3) is 11.8 Å². The molecule has 0 saturated carbocycles. The number of benzene rings is 2. The maximum Gasteiger partial charge on any atom is 0.291 e. The SMILES string of the molecule is CC[C@H](C)N(Cc1cc(NC(=O)c2ccco2)ccc1N(C)C)C(=O)c1cccc(C)c1. The van der Waals surface area contributed by atoms with Crippen LogP contribution in [0.5, 0.6) is 0 Å². The van der Waals surface area contributed by atoms with Crippen molar-refractivity contribution in [3.63, 3.8) is 0 Å². The third-order valence-electron chi connectivity index (χ3n) is 5.55. The molecular formula is C26H31N3O3. The molecule has 32 heavy (non-hydrogen) atoms. The molecule has 0 radical (unpaired) electrons. The largest absolute Gasteiger partial charge is 0.459 e. The first-order chi connectivity index (χ1) is 15.3. The Kier molecular flexibility index (Phi) is 7.36. The van der Waals surface area contributed by atoms with Gasteiger partial charge in [0.2, 0.25) is 0 Å². The van der Waals surface area contributed by atoms with E-state index in [0.29, 0.717) is 17.8 Å². The number of rotatable bonds is 8. The standard InChI is InChI=1S/C26H31N3O3/c1-6-19(3)29(26(31)20-10-7-9-18(2)15-20)17-21-16-22(12-13-23(21)28(4)5)27-25(30)24-11-8-14-32-24/h7-16,19H,6,17H2,1-5H3,(H,27,30)/t19-/m0/s1. The fourth-order valence-corrected chi connectivity index (χ4v) is 3.60. The van der Waals surface area contributed by atoms with Gasteiger partial charge in [-0.1, -0.05) is 24.6 Å². The minimum Gasteiger partial charge on any atom is -0.459 e. The van der Waals surface area contributed by atoms with E-state index in [9.17, 15) is 9.59 Å². The number of nitrogens with zero attached hydrogens (tertiary/aromatic N) is 2. The molecular weight excluding hydrogens is 402 g/mol. The summed E-state index contributed by atoms with van der Waals surface area (Å²) < 4.78 is 5.19. The van der Waals surface area contributed by atoms with Crippen molar-refractivity contribution in [3.8, 4) is 0 Å². The maximum atomic E-state index is 13.4. The van der Waals surface area contributed by atoms with Crippen molar-refractivity contribution >= 4 is 23.2 Å². The summed E-state index contributed by atoms with van der Waals surface area (Å²) in [5, 5.41) is 2.88. The summed E-state index contributed by atoms with van der Waals surface area (Å²) in [6, 6.07) is 16.8. The lowest BCUT2D eigenvalue weighted by molar-refractivity contribution is 0.0671. The van der Waals surface area contributed by atoms with Crippen LogP contribution in [0.1, 0.15) is 52.3 Å². The van der Waals surface area contributed by atoms with Crippen LogP contribution in [-0.4, -0.2) is 36.9 Å². The van der Waals surface area contributed by atoms with E-state index < -0.39 is 0 Å². The molecule has 0 bridgehead atoms. The highest BCUT2D eigenvalue weighted by Crippen LogP contribution is 2.27. The van der Waals surface area contributed by atoms with Crippen molar-refractivity contribution in [2.24, 2.45) is 0 Å². The molecule has 3 rings (SSSR count). The molecule has 168 valence electrons. The van der Waals surface area contributed by atoms with Gasteiger partial charge >= 0.3 is 0 Å². The van der Waals surface area contributed by atoms with E-state index in [-0.39, 0.29) is 23.6 Å². The molecule has 2 aromatic carbocycles. The highest BCUT2D eigenvalue weighted by atomic mass is 16.3. The number of amides is 2. The monoisotopic (exact) mass is 433 g/mol. The zero-order chi connectivity index (χ0) is 23.3. The van der Waals surface area contributed by atoms with Crippen LogP contribution < -0.4 is 10.2 Å². The Hall–Kier alpha value is -3.54. The molecule has 0 aliphatic carbocycles. The molecule has 6 nitrogen and oxygen atoms in total. The van der Waals surface area contributed by atoms with Crippen molar-refractivity contribution in [1.82, 2.24) is 4.90 Å². The van der Waals surface area contributed by atoms with Crippen molar-refractivity contribution in [2.45, 2.75) is 39.8 Å². The summed E-state index contributed by atoms with van der Waals surface area (Å²) in [6.45, 7) is 6.55. The molecule has 1 aromatic heterocycles. The van der Waals surface area contributed by atoms with Crippen LogP contribution in [0.3, 0.4) is 0 Å². The molecule has 2 amide bonds. The highest BCUT2D eigenvalue weighted by molar-refractivity contribution is 6.02. The van der Waals surface area contributed by atoms with E-state index in [1.165, 1.54) is 6.26 Å². The Morgan fingerprint density at radius 3 is 2.47 bits per heavy atom. The van der Waals surface area contributed by atoms with Crippen LogP contribution >= 0.6 is 0 Å². The van der Waals surface area contributed by atoms with Crippen molar-refractivity contribution < 1.29 is 14.0 Å². The lowest BCUT2D eigenvalue weighted by Crippen LogP contribution is -2.38. The molecule has 3 aromatic rings. The fourth-order valence-electron chi connectivity index (χ4n) is 3.60. The molecule has 0 saturated heterocycles. The topological polar surface area (TPSA) is 65.8 Å². The van der Waals surface area contributed by atoms with E-state index in [1.807, 2.05) is 73.3 Å². The van der Waals surface area contributed by atoms with Gasteiger partial charge in [0.1, 0.15) is 0 Å². The van der Waals surface area contributed by atoms with E-state index in [4.69, 9.17) is 4.42 Å². The smallest absolute Gasteiger partial charge is 0.291 e. The molecule has 6 heteroatoms. The predicted octanol–water partition coefficient (Wildman–Crippen LogP) is 5.35. The number of hydrogen-bond donors (Lipinski definition) is 1. The Bertz CT molecular complexity index is 1070. The molecule has 1 N–H and O–H groups in total. The first-order valence-corrected chi connectivity index (χ1v) is 10.8. The molecule has 0 aliphatic heterocycles. The molecule has 1 heterocycles. The quantitative estimate of drug-likeness (QED) is 0.520. The van der Waals surface area contributed by atoms with E-state index in [2.05, 4.69) is 19.2 Å². The average Bonchev–Trinajstić information content (AvgIpc) is 3.31. The summed E-state index contributed by atoms with van der Waals surface area (Å²) in [4.78, 5) is 29.8. The third kappa shape index (κ3) is 5.38. The summed E-state index contributed by atoms with van der Waals surface area (Å²) >= 11 is 0. The lowest BCUT2D eigenvalue weighted by Gasteiger charge is -2.31. The van der Waals surface area contributed by atoms with Gasteiger partial charge in [0.15, 0.2) is 5.76 Å². The van der Waals surface area contributed by atoms with Gasteiger partial charge in [-0.2, -0.15) is 0 Å². The number of anilines is 2. The maximum absolute atomic E-state index is 13.4. The normalized spacial score (nSPS) is 11.7. The van der Waals surface area contributed by atoms with Gasteiger partial charge in [-0.3, -0.25) is 9.59 Å². The second-order valence-corrected chi connectivity index (χ2v) is 8.23. The minimum atomic E-state index is -0.312. The summed E-state index contributed by atoms with van der Waals surface area (Å²) in [7, 11) is 3.94. The molecule has 0 spiro atoms. The van der Waals surface area contributed by atoms with Crippen molar-refractivity contribution in [1.29, 1.82) is 0 Å². The van der Waals surface area contributed by atoms with Crippen LogP contribution in [0.25, 0.3) is 0 Å². The lowest BCUT2D eigenvalue weighted by atomic mass is 10.1. The third-order valence-corrected chi connectivity index (χ3v) is 5.55. The Morgan fingerprint density at radius 2 is 1.84 bits per heavy atom. The van der Waals surface area contributed by atoms with E-state index >= 15 is 0 Å². The number of aryl methyl sites for hydroxylation is 1. The number of furan rings is 1. The van der Waals surface area contributed by atoms with Gasteiger partial charge < -0.3 is 19.5 Å². The first kappa shape index (κ1) is 23.1. The average molecular weight is 434 g/mol. The Labute approximate surface area is 189 Å². The number of nitrogens with one attached hydrogen (secondary N) is 1. The minimum absolute atomic E-state index is 0.00206. The number of carbonyl (C=O) groups excluding carboxylic acids is 2. The van der Waals surface area contributed by atoms with E-state index in [0.717, 1.165) is 23.2 Å². The van der Waals surface area contributed by atoms with Gasteiger partial charge in [0, 0.05) is 43.6 Å². The zero-order valence-electron chi connectivity index (χ0n) is 19.4. The molecule has 1 atom stereocenters. The van der Waals surface area contributed by atoms with Crippen LogP contribution in [-0.2, 0) is 6.54 Å². The Morgan fingerprint density at radius 1 is 1.06 bits per heavy atom. The second-order valence-electron chi connectivity index (χ2n) is 8.23. The van der Waals surface area contributed by atoms with E-state index in [1.54, 1.807) is 12.1 Å². The van der Waals surface area contributed by atoms with Crippen LogP contribution in [0.4, 0.5) is 11.4 Å². The van der Waals surface area contributed by atoms with Crippen LogP contribution in [0.2, 0.25) is 0 Å². The molecule has 0 aliphatic rings. The second kappa shape index (κ2) is 10.2. The summed E-state index contributed by atoms with van der Waals surface area (Å²) in [5.74, 6) is -0.0648. The Balaban J connectivity index is 1.93. The first-order valence-electron chi connectivity index (χ1n) is 10.8. The zero-order valence-corrected chi connectivity index (χ0v) is 19.4. The number of carbonyl (C=O) groups is 2. The summed E-state index contributed by atoms with van der Waals surface area (Å²) in [5.41, 5.74) is 4.33. The predicted molar refractivity (Wildman–Crippen MR) is 128 cm³/mol. The van der Waals surface area contributed by atoms with Crippen LogP contribution in [0, 0.1) is 6.92 Å².